The molecule has 0 unspecified atom stereocenters. The van der Waals surface area contributed by atoms with Gasteiger partial charge in [0.15, 0.2) is 0 Å². The van der Waals surface area contributed by atoms with Crippen LogP contribution >= 0.6 is 57.6 Å². The summed E-state index contributed by atoms with van der Waals surface area (Å²) in [6.45, 7) is 1.97. The van der Waals surface area contributed by atoms with E-state index in [4.69, 9.17) is 23.2 Å². The van der Waals surface area contributed by atoms with Crippen molar-refractivity contribution in [2.45, 2.75) is 11.9 Å². The maximum atomic E-state index is 12.2. The molecule has 0 spiro atoms. The van der Waals surface area contributed by atoms with E-state index in [1.54, 1.807) is 40.9 Å². The second-order valence-corrected chi connectivity index (χ2v) is 9.83. The van der Waals surface area contributed by atoms with Gasteiger partial charge in [0.2, 0.25) is 5.91 Å². The third-order valence-corrected chi connectivity index (χ3v) is 7.94. The lowest BCUT2D eigenvalue weighted by Gasteiger charge is -2.07. The highest BCUT2D eigenvalue weighted by atomic mass is 35.5. The zero-order chi connectivity index (χ0) is 21.1. The summed E-state index contributed by atoms with van der Waals surface area (Å²) in [5.41, 5.74) is 2.18. The Morgan fingerprint density at radius 3 is 2.73 bits per heavy atom. The van der Waals surface area contributed by atoms with E-state index in [9.17, 15) is 4.79 Å². The Morgan fingerprint density at radius 1 is 1.13 bits per heavy atom. The molecule has 0 bridgehead atoms. The Bertz CT molecular complexity index is 1180. The van der Waals surface area contributed by atoms with E-state index >= 15 is 0 Å². The first-order valence-electron chi connectivity index (χ1n) is 8.73. The topological polar surface area (TPSA) is 67.8 Å². The normalized spacial score (nSPS) is 10.9. The fourth-order valence-corrected chi connectivity index (χ4v) is 5.37. The van der Waals surface area contributed by atoms with Crippen LogP contribution in [-0.2, 0) is 4.79 Å². The van der Waals surface area contributed by atoms with Gasteiger partial charge < -0.3 is 5.32 Å². The molecule has 0 atom stereocenters. The summed E-state index contributed by atoms with van der Waals surface area (Å²) >= 11 is 16.6. The van der Waals surface area contributed by atoms with Gasteiger partial charge in [-0.25, -0.2) is 4.98 Å². The van der Waals surface area contributed by atoms with Crippen molar-refractivity contribution < 1.29 is 4.79 Å². The number of nitrogens with one attached hydrogen (secondary N) is 1. The number of hydrogen-bond acceptors (Lipinski definition) is 7. The van der Waals surface area contributed by atoms with Gasteiger partial charge in [-0.15, -0.1) is 32.9 Å². The van der Waals surface area contributed by atoms with E-state index in [2.05, 4.69) is 26.6 Å². The van der Waals surface area contributed by atoms with Crippen LogP contribution < -0.4 is 5.32 Å². The lowest BCUT2D eigenvalue weighted by Crippen LogP contribution is -2.14. The number of amides is 1. The van der Waals surface area contributed by atoms with Crippen LogP contribution in [0.15, 0.2) is 52.9 Å². The number of rotatable bonds is 6. The maximum Gasteiger partial charge on any atom is 0.234 e. The van der Waals surface area contributed by atoms with Gasteiger partial charge in [-0.05, 0) is 42.6 Å². The van der Waals surface area contributed by atoms with Crippen molar-refractivity contribution in [3.8, 4) is 20.5 Å². The van der Waals surface area contributed by atoms with Crippen molar-refractivity contribution in [1.29, 1.82) is 0 Å². The largest absolute Gasteiger partial charge is 0.324 e. The van der Waals surface area contributed by atoms with Crippen molar-refractivity contribution in [1.82, 2.24) is 15.2 Å². The number of nitrogens with zero attached hydrogens (tertiary/aromatic N) is 3. The van der Waals surface area contributed by atoms with Crippen LogP contribution in [0.5, 0.6) is 0 Å². The molecule has 5 nitrogen and oxygen atoms in total. The smallest absolute Gasteiger partial charge is 0.234 e. The first kappa shape index (κ1) is 21.3. The highest BCUT2D eigenvalue weighted by molar-refractivity contribution is 7.99. The van der Waals surface area contributed by atoms with Crippen LogP contribution in [0.4, 0.5) is 5.69 Å². The van der Waals surface area contributed by atoms with E-state index in [1.807, 2.05) is 30.5 Å². The second kappa shape index (κ2) is 9.45. The summed E-state index contributed by atoms with van der Waals surface area (Å²) in [5.74, 6) is -0.0205. The minimum absolute atomic E-state index is 0.180. The average Bonchev–Trinajstić information content (AvgIpc) is 3.40. The van der Waals surface area contributed by atoms with Gasteiger partial charge in [0.25, 0.3) is 0 Å². The molecule has 4 aromatic rings. The number of carbonyl (C=O) groups excluding carboxylic acids is 1. The molecule has 3 heterocycles. The lowest BCUT2D eigenvalue weighted by molar-refractivity contribution is -0.113. The molecule has 1 aromatic carbocycles. The summed E-state index contributed by atoms with van der Waals surface area (Å²) in [5, 5.41) is 15.7. The third-order valence-electron chi connectivity index (χ3n) is 3.98. The molecule has 10 heteroatoms. The standard InChI is InChI=1S/C20H14Cl2N4OS3/c1-11-19(30-20(23-11)15-6-3-9-28-15)14-7-8-17(26-25-14)29-10-16(27)24-13-5-2-4-12(21)18(13)22/h2-9H,10H2,1H3,(H,24,27). The Hall–Kier alpha value is -1.97. The monoisotopic (exact) mass is 492 g/mol. The molecule has 0 fully saturated rings. The number of thioether (sulfide) groups is 1. The summed E-state index contributed by atoms with van der Waals surface area (Å²) in [6.07, 6.45) is 0. The van der Waals surface area contributed by atoms with Crippen molar-refractivity contribution >= 4 is 69.2 Å². The summed E-state index contributed by atoms with van der Waals surface area (Å²) in [7, 11) is 0. The zero-order valence-corrected chi connectivity index (χ0v) is 19.5. The number of halogens is 2. The van der Waals surface area contributed by atoms with Gasteiger partial charge in [-0.2, -0.15) is 0 Å². The number of thiazole rings is 1. The average molecular weight is 493 g/mol. The number of aryl methyl sites for hydroxylation is 1. The van der Waals surface area contributed by atoms with Gasteiger partial charge in [0, 0.05) is 0 Å². The number of carbonyl (C=O) groups is 1. The van der Waals surface area contributed by atoms with E-state index in [0.29, 0.717) is 20.8 Å². The summed E-state index contributed by atoms with van der Waals surface area (Å²) in [6, 6.07) is 12.9. The molecule has 3 aromatic heterocycles. The molecule has 1 N–H and O–H groups in total. The summed E-state index contributed by atoms with van der Waals surface area (Å²) in [4.78, 5) is 19.0. The molecule has 0 aliphatic carbocycles. The Kier molecular flexibility index (Phi) is 6.70. The Labute approximate surface area is 195 Å². The maximum absolute atomic E-state index is 12.2. The van der Waals surface area contributed by atoms with Gasteiger partial charge in [0.1, 0.15) is 15.7 Å². The highest BCUT2D eigenvalue weighted by Gasteiger charge is 2.14. The fourth-order valence-electron chi connectivity index (χ4n) is 2.58. The number of aromatic nitrogens is 3. The first-order valence-corrected chi connectivity index (χ1v) is 12.2. The van der Waals surface area contributed by atoms with E-state index in [1.165, 1.54) is 11.8 Å². The minimum atomic E-state index is -0.200. The van der Waals surface area contributed by atoms with Crippen LogP contribution in [-0.4, -0.2) is 26.8 Å². The number of thiophene rings is 1. The zero-order valence-electron chi connectivity index (χ0n) is 15.6. The molecule has 0 aliphatic rings. The van der Waals surface area contributed by atoms with E-state index < -0.39 is 0 Å². The molecule has 0 aliphatic heterocycles. The molecule has 4 rings (SSSR count). The number of hydrogen-bond donors (Lipinski definition) is 1. The second-order valence-electron chi connectivity index (χ2n) is 6.11. The van der Waals surface area contributed by atoms with Gasteiger partial charge >= 0.3 is 0 Å². The van der Waals surface area contributed by atoms with Crippen molar-refractivity contribution in [3.05, 3.63) is 63.6 Å². The number of benzene rings is 1. The molecule has 0 saturated carbocycles. The van der Waals surface area contributed by atoms with E-state index in [-0.39, 0.29) is 11.7 Å². The molecule has 0 saturated heterocycles. The molecule has 1 amide bonds. The van der Waals surface area contributed by atoms with Crippen LogP contribution in [0.25, 0.3) is 20.5 Å². The molecule has 30 heavy (non-hydrogen) atoms. The SMILES string of the molecule is Cc1nc(-c2cccs2)sc1-c1ccc(SCC(=O)Nc2cccc(Cl)c2Cl)nn1. The minimum Gasteiger partial charge on any atom is -0.324 e. The van der Waals surface area contributed by atoms with Crippen LogP contribution in [0.2, 0.25) is 10.0 Å². The predicted molar refractivity (Wildman–Crippen MR) is 127 cm³/mol. The summed E-state index contributed by atoms with van der Waals surface area (Å²) < 4.78 is 0. The van der Waals surface area contributed by atoms with Crippen LogP contribution in [0, 0.1) is 6.92 Å². The van der Waals surface area contributed by atoms with Crippen LogP contribution in [0.3, 0.4) is 0 Å². The van der Waals surface area contributed by atoms with Crippen molar-refractivity contribution in [2.75, 3.05) is 11.1 Å². The van der Waals surface area contributed by atoms with Gasteiger partial charge in [-0.1, -0.05) is 47.1 Å². The first-order chi connectivity index (χ1) is 14.5. The van der Waals surface area contributed by atoms with Crippen molar-refractivity contribution in [3.63, 3.8) is 0 Å². The van der Waals surface area contributed by atoms with Crippen molar-refractivity contribution in [2.24, 2.45) is 0 Å². The van der Waals surface area contributed by atoms with Crippen LogP contribution in [0.1, 0.15) is 5.69 Å². The fraction of sp³-hybridized carbons (Fsp3) is 0.100. The third kappa shape index (κ3) is 4.84. The predicted octanol–water partition coefficient (Wildman–Crippen LogP) is 6.67. The molecular weight excluding hydrogens is 479 g/mol. The van der Waals surface area contributed by atoms with E-state index in [0.717, 1.165) is 26.1 Å². The van der Waals surface area contributed by atoms with Gasteiger partial charge in [0.05, 0.1) is 36.9 Å². The quantitative estimate of drug-likeness (QED) is 0.304. The molecular formula is C20H14Cl2N4OS3. The highest BCUT2D eigenvalue weighted by Crippen LogP contribution is 2.36. The lowest BCUT2D eigenvalue weighted by atomic mass is 10.3. The molecule has 152 valence electrons. The van der Waals surface area contributed by atoms with Gasteiger partial charge in [-0.3, -0.25) is 4.79 Å². The molecule has 0 radical (unpaired) electrons. The Morgan fingerprint density at radius 2 is 2.00 bits per heavy atom. The number of anilines is 1. The Balaban J connectivity index is 1.39.